The summed E-state index contributed by atoms with van der Waals surface area (Å²) in [5.41, 5.74) is 2.12. The normalized spacial score (nSPS) is 15.0. The number of amides is 4. The van der Waals surface area contributed by atoms with Crippen LogP contribution in [0.3, 0.4) is 0 Å². The molecule has 0 unspecified atom stereocenters. The van der Waals surface area contributed by atoms with Crippen molar-refractivity contribution in [2.45, 2.75) is 32.1 Å². The van der Waals surface area contributed by atoms with Crippen LogP contribution in [0.25, 0.3) is 0 Å². The number of anilines is 1. The monoisotopic (exact) mass is 404 g/mol. The van der Waals surface area contributed by atoms with Gasteiger partial charge < -0.3 is 20.3 Å². The number of carbonyl (C=O) groups is 3. The number of piperidine rings is 1. The van der Waals surface area contributed by atoms with Crippen LogP contribution in [0.4, 0.5) is 10.5 Å². The minimum atomic E-state index is -0.380. The number of nitrogens with zero attached hydrogens (tertiary/aromatic N) is 2. The topological polar surface area (TPSA) is 91.0 Å². The summed E-state index contributed by atoms with van der Waals surface area (Å²) in [5.74, 6) is 0.445. The van der Waals surface area contributed by atoms with Gasteiger partial charge in [-0.05, 0) is 62.5 Å². The molecule has 2 rings (SSSR count). The number of urea groups is 1. The lowest BCUT2D eigenvalue weighted by Gasteiger charge is -2.32. The van der Waals surface area contributed by atoms with Crippen molar-refractivity contribution in [3.05, 3.63) is 29.8 Å². The van der Waals surface area contributed by atoms with Crippen LogP contribution in [-0.2, 0) is 14.3 Å². The first-order valence-electron chi connectivity index (χ1n) is 10.1. The molecule has 1 aromatic rings. The summed E-state index contributed by atoms with van der Waals surface area (Å²) in [7, 11) is 1.53. The second kappa shape index (κ2) is 12.2. The van der Waals surface area contributed by atoms with E-state index in [1.807, 2.05) is 12.1 Å². The first-order valence-corrected chi connectivity index (χ1v) is 10.1. The maximum absolute atomic E-state index is 11.9. The van der Waals surface area contributed by atoms with E-state index in [1.165, 1.54) is 19.6 Å². The number of methoxy groups -OCH3 is 1. The van der Waals surface area contributed by atoms with Crippen LogP contribution in [0.2, 0.25) is 0 Å². The van der Waals surface area contributed by atoms with Crippen molar-refractivity contribution in [3.63, 3.8) is 0 Å². The van der Waals surface area contributed by atoms with E-state index in [1.54, 1.807) is 0 Å². The van der Waals surface area contributed by atoms with Crippen molar-refractivity contribution in [2.75, 3.05) is 51.8 Å². The Bertz CT molecular complexity index is 674. The van der Waals surface area contributed by atoms with E-state index in [0.29, 0.717) is 25.5 Å². The molecular formula is C21H32N4O4. The van der Waals surface area contributed by atoms with Gasteiger partial charge in [0.1, 0.15) is 0 Å². The average molecular weight is 405 g/mol. The third kappa shape index (κ3) is 7.83. The maximum Gasteiger partial charge on any atom is 0.323 e. The zero-order valence-corrected chi connectivity index (χ0v) is 17.4. The molecule has 1 aliphatic rings. The number of imide groups is 1. The van der Waals surface area contributed by atoms with Crippen molar-refractivity contribution in [2.24, 2.45) is 0 Å². The van der Waals surface area contributed by atoms with Gasteiger partial charge in [0, 0.05) is 26.3 Å². The highest BCUT2D eigenvalue weighted by Gasteiger charge is 2.20. The molecule has 8 nitrogen and oxygen atoms in total. The second-order valence-corrected chi connectivity index (χ2v) is 7.30. The Hall–Kier alpha value is -2.45. The van der Waals surface area contributed by atoms with Crippen LogP contribution >= 0.6 is 0 Å². The van der Waals surface area contributed by atoms with Crippen LogP contribution in [0.15, 0.2) is 24.3 Å². The van der Waals surface area contributed by atoms with Gasteiger partial charge >= 0.3 is 6.03 Å². The summed E-state index contributed by atoms with van der Waals surface area (Å²) in [6, 6.07) is 7.72. The molecule has 0 aromatic heterocycles. The van der Waals surface area contributed by atoms with E-state index in [0.717, 1.165) is 49.5 Å². The van der Waals surface area contributed by atoms with Gasteiger partial charge in [0.2, 0.25) is 12.3 Å². The molecule has 0 atom stereocenters. The van der Waals surface area contributed by atoms with Gasteiger partial charge in [-0.1, -0.05) is 12.1 Å². The molecule has 1 heterocycles. The Labute approximate surface area is 172 Å². The fraction of sp³-hybridized carbons (Fsp3) is 0.571. The molecule has 2 N–H and O–H groups in total. The minimum Gasteiger partial charge on any atom is -0.383 e. The average Bonchev–Trinajstić information content (AvgIpc) is 2.72. The number of nitrogens with one attached hydrogen (secondary N) is 2. The molecule has 0 saturated carbocycles. The van der Waals surface area contributed by atoms with Crippen LogP contribution < -0.4 is 10.6 Å². The molecule has 0 spiro atoms. The number of likely N-dealkylation sites (tertiary alicyclic amines) is 1. The SMILES string of the molecule is COCCN(C=O)C(=O)NCCCN1CCC(c2cccc(NC(C)=O)c2)CC1. The fourth-order valence-corrected chi connectivity index (χ4v) is 3.55. The first kappa shape index (κ1) is 22.8. The van der Waals surface area contributed by atoms with E-state index < -0.39 is 0 Å². The Morgan fingerprint density at radius 1 is 1.31 bits per heavy atom. The van der Waals surface area contributed by atoms with Gasteiger partial charge in [-0.3, -0.25) is 14.5 Å². The molecule has 0 bridgehead atoms. The quantitative estimate of drug-likeness (QED) is 0.460. The Balaban J connectivity index is 1.68. The third-order valence-corrected chi connectivity index (χ3v) is 5.12. The molecule has 1 fully saturated rings. The van der Waals surface area contributed by atoms with Gasteiger partial charge in [-0.2, -0.15) is 0 Å². The van der Waals surface area contributed by atoms with Crippen molar-refractivity contribution in [3.8, 4) is 0 Å². The highest BCUT2D eigenvalue weighted by molar-refractivity contribution is 5.88. The van der Waals surface area contributed by atoms with Gasteiger partial charge in [-0.15, -0.1) is 0 Å². The molecule has 1 aliphatic heterocycles. The Morgan fingerprint density at radius 2 is 2.07 bits per heavy atom. The number of hydrogen-bond donors (Lipinski definition) is 2. The zero-order valence-electron chi connectivity index (χ0n) is 17.4. The van der Waals surface area contributed by atoms with Gasteiger partial charge in [0.15, 0.2) is 0 Å². The number of hydrogen-bond acceptors (Lipinski definition) is 5. The predicted molar refractivity (Wildman–Crippen MR) is 112 cm³/mol. The summed E-state index contributed by atoms with van der Waals surface area (Å²) in [5, 5.41) is 5.62. The summed E-state index contributed by atoms with van der Waals surface area (Å²) >= 11 is 0. The Morgan fingerprint density at radius 3 is 2.72 bits per heavy atom. The number of rotatable bonds is 10. The minimum absolute atomic E-state index is 0.0565. The lowest BCUT2D eigenvalue weighted by molar-refractivity contribution is -0.116. The van der Waals surface area contributed by atoms with Crippen molar-refractivity contribution < 1.29 is 19.1 Å². The summed E-state index contributed by atoms with van der Waals surface area (Å²) in [4.78, 5) is 37.6. The standard InChI is InChI=1S/C21H32N4O4/c1-17(27)23-20-6-3-5-19(15-20)18-7-11-24(12-8-18)10-4-9-22-21(28)25(16-26)13-14-29-2/h3,5-6,15-16,18H,4,7-14H2,1-2H3,(H,22,28)(H,23,27). The summed E-state index contributed by atoms with van der Waals surface area (Å²) < 4.78 is 4.89. The van der Waals surface area contributed by atoms with Crippen molar-refractivity contribution in [1.29, 1.82) is 0 Å². The summed E-state index contributed by atoms with van der Waals surface area (Å²) in [6.45, 7) is 5.57. The molecule has 29 heavy (non-hydrogen) atoms. The molecule has 1 aromatic carbocycles. The van der Waals surface area contributed by atoms with E-state index in [2.05, 4.69) is 27.7 Å². The first-order chi connectivity index (χ1) is 14.0. The molecular weight excluding hydrogens is 372 g/mol. The lowest BCUT2D eigenvalue weighted by atomic mass is 9.89. The second-order valence-electron chi connectivity index (χ2n) is 7.30. The predicted octanol–water partition coefficient (Wildman–Crippen LogP) is 2.03. The van der Waals surface area contributed by atoms with Crippen LogP contribution in [-0.4, -0.2) is 74.6 Å². The molecule has 1 saturated heterocycles. The van der Waals surface area contributed by atoms with Crippen LogP contribution in [0, 0.1) is 0 Å². The molecule has 4 amide bonds. The summed E-state index contributed by atoms with van der Waals surface area (Å²) in [6.07, 6.45) is 3.52. The van der Waals surface area contributed by atoms with Crippen molar-refractivity contribution in [1.82, 2.24) is 15.1 Å². The number of ether oxygens (including phenoxy) is 1. The van der Waals surface area contributed by atoms with Crippen molar-refractivity contribution >= 4 is 24.0 Å². The van der Waals surface area contributed by atoms with Crippen LogP contribution in [0.1, 0.15) is 37.7 Å². The number of benzene rings is 1. The zero-order chi connectivity index (χ0) is 21.1. The molecule has 160 valence electrons. The third-order valence-electron chi connectivity index (χ3n) is 5.12. The fourth-order valence-electron chi connectivity index (χ4n) is 3.55. The number of carbonyl (C=O) groups excluding carboxylic acids is 3. The highest BCUT2D eigenvalue weighted by atomic mass is 16.5. The van der Waals surface area contributed by atoms with E-state index in [4.69, 9.17) is 4.74 Å². The van der Waals surface area contributed by atoms with Gasteiger partial charge in [-0.25, -0.2) is 4.79 Å². The van der Waals surface area contributed by atoms with E-state index in [9.17, 15) is 14.4 Å². The van der Waals surface area contributed by atoms with E-state index in [-0.39, 0.29) is 18.5 Å². The van der Waals surface area contributed by atoms with Gasteiger partial charge in [0.25, 0.3) is 0 Å². The van der Waals surface area contributed by atoms with Gasteiger partial charge in [0.05, 0.1) is 13.2 Å². The van der Waals surface area contributed by atoms with Crippen LogP contribution in [0.5, 0.6) is 0 Å². The molecule has 0 radical (unpaired) electrons. The lowest BCUT2D eigenvalue weighted by Crippen LogP contribution is -2.42. The smallest absolute Gasteiger partial charge is 0.323 e. The highest BCUT2D eigenvalue weighted by Crippen LogP contribution is 2.29. The Kier molecular flexibility index (Phi) is 9.59. The van der Waals surface area contributed by atoms with E-state index >= 15 is 0 Å². The molecule has 8 heteroatoms. The molecule has 0 aliphatic carbocycles. The maximum atomic E-state index is 11.9. The largest absolute Gasteiger partial charge is 0.383 e.